The fourth-order valence-corrected chi connectivity index (χ4v) is 6.46. The quantitative estimate of drug-likeness (QED) is 0.736. The van der Waals surface area contributed by atoms with Crippen LogP contribution in [0.15, 0.2) is 11.3 Å². The molecule has 3 heteroatoms. The summed E-state index contributed by atoms with van der Waals surface area (Å²) in [6.45, 7) is 4.46. The first kappa shape index (κ1) is 14.5. The van der Waals surface area contributed by atoms with Gasteiger partial charge in [-0.1, -0.05) is 13.8 Å². The van der Waals surface area contributed by atoms with Crippen molar-refractivity contribution in [3.63, 3.8) is 0 Å². The third-order valence-electron chi connectivity index (χ3n) is 7.80. The van der Waals surface area contributed by atoms with E-state index >= 15 is 0 Å². The van der Waals surface area contributed by atoms with Gasteiger partial charge in [-0.3, -0.25) is 9.59 Å². The predicted molar refractivity (Wildman–Crippen MR) is 83.3 cm³/mol. The number of aliphatic hydroxyl groups excluding tert-OH is 1. The van der Waals surface area contributed by atoms with Gasteiger partial charge in [-0.2, -0.15) is 0 Å². The van der Waals surface area contributed by atoms with E-state index in [-0.39, 0.29) is 22.4 Å². The van der Waals surface area contributed by atoms with Crippen molar-refractivity contribution in [3.8, 4) is 0 Å². The largest absolute Gasteiger partial charge is 0.504 e. The second-order valence-corrected chi connectivity index (χ2v) is 8.50. The average Bonchev–Trinajstić information content (AvgIpc) is 2.79. The number of Topliss-reactive ketones (excluding diaryl/α,β-unsaturated/α-hetero) is 2. The molecule has 3 saturated carbocycles. The summed E-state index contributed by atoms with van der Waals surface area (Å²) < 4.78 is 0. The van der Waals surface area contributed by atoms with Gasteiger partial charge in [0, 0.05) is 18.3 Å². The first-order valence-corrected chi connectivity index (χ1v) is 8.87. The number of hydrogen-bond acceptors (Lipinski definition) is 3. The van der Waals surface area contributed by atoms with Gasteiger partial charge in [-0.25, -0.2) is 0 Å². The van der Waals surface area contributed by atoms with Crippen LogP contribution in [0.4, 0.5) is 0 Å². The molecule has 4 aliphatic rings. The van der Waals surface area contributed by atoms with Crippen LogP contribution < -0.4 is 0 Å². The molecule has 0 saturated heterocycles. The zero-order chi connectivity index (χ0) is 15.7. The highest BCUT2D eigenvalue weighted by molar-refractivity contribution is 5.95. The minimum atomic E-state index is -0.0920. The Labute approximate surface area is 132 Å². The molecule has 3 unspecified atom stereocenters. The fourth-order valence-electron chi connectivity index (χ4n) is 6.46. The van der Waals surface area contributed by atoms with E-state index < -0.39 is 0 Å². The van der Waals surface area contributed by atoms with Crippen LogP contribution in [0.3, 0.4) is 0 Å². The maximum Gasteiger partial charge on any atom is 0.197 e. The number of aliphatic hydroxyl groups is 1. The number of ketones is 2. The van der Waals surface area contributed by atoms with Gasteiger partial charge in [0.05, 0.1) is 0 Å². The molecule has 120 valence electrons. The van der Waals surface area contributed by atoms with E-state index in [0.29, 0.717) is 30.0 Å². The second-order valence-electron chi connectivity index (χ2n) is 8.50. The van der Waals surface area contributed by atoms with E-state index in [9.17, 15) is 14.7 Å². The monoisotopic (exact) mass is 302 g/mol. The van der Waals surface area contributed by atoms with Gasteiger partial charge in [0.15, 0.2) is 11.5 Å². The van der Waals surface area contributed by atoms with Crippen molar-refractivity contribution in [2.45, 2.75) is 65.2 Å². The molecule has 0 radical (unpaired) electrons. The molecule has 22 heavy (non-hydrogen) atoms. The van der Waals surface area contributed by atoms with Gasteiger partial charge in [-0.05, 0) is 67.3 Å². The topological polar surface area (TPSA) is 54.4 Å². The maximum atomic E-state index is 12.4. The first-order chi connectivity index (χ1) is 10.4. The number of rotatable bonds is 0. The van der Waals surface area contributed by atoms with Gasteiger partial charge in [-0.15, -0.1) is 0 Å². The van der Waals surface area contributed by atoms with Gasteiger partial charge in [0.1, 0.15) is 5.78 Å². The van der Waals surface area contributed by atoms with Gasteiger partial charge >= 0.3 is 0 Å². The zero-order valence-electron chi connectivity index (χ0n) is 13.7. The van der Waals surface area contributed by atoms with Gasteiger partial charge < -0.3 is 5.11 Å². The van der Waals surface area contributed by atoms with Crippen LogP contribution in [-0.4, -0.2) is 16.7 Å². The lowest BCUT2D eigenvalue weighted by molar-refractivity contribution is -0.133. The van der Waals surface area contributed by atoms with Crippen LogP contribution in [-0.2, 0) is 9.59 Å². The SMILES string of the molecule is C[C@]12CCC(=O)C(O)=C1CCC1C2CC[C@]2(C)C(=O)CCC12. The standard InChI is InChI=1S/C19H26O3/c1-18-10-8-15(20)17(22)14(18)4-3-11-12-5-6-16(21)19(12,2)9-7-13(11)18/h11-13,22H,3-10H2,1-2H3/t11?,12?,13?,18-,19+/m1/s1. The van der Waals surface area contributed by atoms with E-state index in [0.717, 1.165) is 50.5 Å². The molecule has 1 N–H and O–H groups in total. The van der Waals surface area contributed by atoms with Gasteiger partial charge in [0.2, 0.25) is 0 Å². The molecule has 0 aromatic heterocycles. The molecule has 0 spiro atoms. The molecular weight excluding hydrogens is 276 g/mol. The number of carbonyl (C=O) groups excluding carboxylic acids is 2. The Bertz CT molecular complexity index is 589. The van der Waals surface area contributed by atoms with Gasteiger partial charge in [0.25, 0.3) is 0 Å². The maximum absolute atomic E-state index is 12.4. The Morgan fingerprint density at radius 2 is 1.64 bits per heavy atom. The fraction of sp³-hybridized carbons (Fsp3) is 0.789. The minimum absolute atomic E-state index is 0.0200. The average molecular weight is 302 g/mol. The van der Waals surface area contributed by atoms with Crippen LogP contribution in [0.1, 0.15) is 65.2 Å². The number of hydrogen-bond donors (Lipinski definition) is 1. The normalized spacial score (nSPS) is 48.0. The number of carbonyl (C=O) groups is 2. The summed E-state index contributed by atoms with van der Waals surface area (Å²) in [5.74, 6) is 2.14. The molecule has 0 amide bonds. The molecule has 0 aromatic carbocycles. The van der Waals surface area contributed by atoms with E-state index in [2.05, 4.69) is 13.8 Å². The zero-order valence-corrected chi connectivity index (χ0v) is 13.7. The van der Waals surface area contributed by atoms with Crippen LogP contribution >= 0.6 is 0 Å². The smallest absolute Gasteiger partial charge is 0.197 e. The molecular formula is C19H26O3. The van der Waals surface area contributed by atoms with Crippen molar-refractivity contribution in [1.29, 1.82) is 0 Å². The molecule has 4 rings (SSSR count). The summed E-state index contributed by atoms with van der Waals surface area (Å²) in [5.41, 5.74) is 0.914. The highest BCUT2D eigenvalue weighted by Crippen LogP contribution is 2.64. The van der Waals surface area contributed by atoms with Crippen LogP contribution in [0.25, 0.3) is 0 Å². The van der Waals surface area contributed by atoms with Crippen molar-refractivity contribution in [3.05, 3.63) is 11.3 Å². The van der Waals surface area contributed by atoms with Crippen molar-refractivity contribution >= 4 is 11.6 Å². The summed E-state index contributed by atoms with van der Waals surface area (Å²) in [6.07, 6.45) is 7.13. The number of fused-ring (bicyclic) bond motifs is 5. The third kappa shape index (κ3) is 1.63. The van der Waals surface area contributed by atoms with Crippen LogP contribution in [0.2, 0.25) is 0 Å². The summed E-state index contributed by atoms with van der Waals surface area (Å²) in [7, 11) is 0. The molecule has 0 bridgehead atoms. The predicted octanol–water partition coefficient (Wildman–Crippen LogP) is 3.97. The molecule has 3 nitrogen and oxygen atoms in total. The molecule has 0 aromatic rings. The summed E-state index contributed by atoms with van der Waals surface area (Å²) >= 11 is 0. The molecule has 4 aliphatic carbocycles. The second kappa shape index (κ2) is 4.46. The molecule has 3 fully saturated rings. The Kier molecular flexibility index (Phi) is 2.93. The molecule has 0 aliphatic heterocycles. The van der Waals surface area contributed by atoms with Crippen molar-refractivity contribution in [1.82, 2.24) is 0 Å². The van der Waals surface area contributed by atoms with Crippen molar-refractivity contribution < 1.29 is 14.7 Å². The minimum Gasteiger partial charge on any atom is -0.504 e. The van der Waals surface area contributed by atoms with Crippen LogP contribution in [0, 0.1) is 28.6 Å². The molecule has 0 heterocycles. The Morgan fingerprint density at radius 1 is 0.909 bits per heavy atom. The summed E-state index contributed by atoms with van der Waals surface area (Å²) in [5, 5.41) is 10.3. The lowest BCUT2D eigenvalue weighted by Gasteiger charge is -2.56. The van der Waals surface area contributed by atoms with E-state index in [1.54, 1.807) is 0 Å². The van der Waals surface area contributed by atoms with Crippen molar-refractivity contribution in [2.75, 3.05) is 0 Å². The lowest BCUT2D eigenvalue weighted by Crippen LogP contribution is -2.51. The number of allylic oxidation sites excluding steroid dienone is 1. The van der Waals surface area contributed by atoms with E-state index in [1.807, 2.05) is 0 Å². The first-order valence-electron chi connectivity index (χ1n) is 8.87. The van der Waals surface area contributed by atoms with Crippen molar-refractivity contribution in [2.24, 2.45) is 28.6 Å². The third-order valence-corrected chi connectivity index (χ3v) is 7.80. The Hall–Kier alpha value is -1.12. The summed E-state index contributed by atoms with van der Waals surface area (Å²) in [4.78, 5) is 24.2. The molecule has 5 atom stereocenters. The Balaban J connectivity index is 1.73. The summed E-state index contributed by atoms with van der Waals surface area (Å²) in [6, 6.07) is 0. The Morgan fingerprint density at radius 3 is 2.41 bits per heavy atom. The van der Waals surface area contributed by atoms with Crippen LogP contribution in [0.5, 0.6) is 0 Å². The van der Waals surface area contributed by atoms with E-state index in [4.69, 9.17) is 0 Å². The highest BCUT2D eigenvalue weighted by Gasteiger charge is 2.59. The highest BCUT2D eigenvalue weighted by atomic mass is 16.3. The lowest BCUT2D eigenvalue weighted by atomic mass is 9.47. The van der Waals surface area contributed by atoms with E-state index in [1.165, 1.54) is 0 Å².